The van der Waals surface area contributed by atoms with E-state index in [2.05, 4.69) is 10.3 Å². The van der Waals surface area contributed by atoms with E-state index in [1.165, 1.54) is 0 Å². The summed E-state index contributed by atoms with van der Waals surface area (Å²) >= 11 is 0. The van der Waals surface area contributed by atoms with Crippen molar-refractivity contribution in [3.8, 4) is 0 Å². The summed E-state index contributed by atoms with van der Waals surface area (Å²) < 4.78 is 0. The number of pyridine rings is 1. The molecule has 3 nitrogen and oxygen atoms in total. The van der Waals surface area contributed by atoms with E-state index in [-0.39, 0.29) is 42.8 Å². The predicted octanol–water partition coefficient (Wildman–Crippen LogP) is 1.49. The molecule has 6 heteroatoms. The fraction of sp³-hybridized carbons (Fsp3) is 0.444. The normalized spacial score (nSPS) is 23.3. The van der Waals surface area contributed by atoms with Crippen LogP contribution in [0.1, 0.15) is 12.1 Å². The van der Waals surface area contributed by atoms with Crippen molar-refractivity contribution in [1.82, 2.24) is 10.3 Å². The van der Waals surface area contributed by atoms with Crippen LogP contribution in [-0.2, 0) is 5.54 Å². The largest absolute Gasteiger partial charge is 0.319 e. The lowest BCUT2D eigenvalue weighted by atomic mass is 9.95. The van der Waals surface area contributed by atoms with Gasteiger partial charge in [0.1, 0.15) is 0 Å². The van der Waals surface area contributed by atoms with E-state index in [0.717, 1.165) is 25.2 Å². The number of hydrogen-bond donors (Lipinski definition) is 2. The van der Waals surface area contributed by atoms with Crippen molar-refractivity contribution in [3.63, 3.8) is 0 Å². The Bertz CT molecular complexity index is 263. The molecule has 1 atom stereocenters. The zero-order valence-corrected chi connectivity index (χ0v) is 10.6. The molecule has 1 aliphatic rings. The van der Waals surface area contributed by atoms with Crippen LogP contribution in [0.15, 0.2) is 24.4 Å². The van der Waals surface area contributed by atoms with Gasteiger partial charge in [-0.15, -0.1) is 37.2 Å². The first-order chi connectivity index (χ1) is 5.81. The number of nitrogens with zero attached hydrogens (tertiary/aromatic N) is 1. The van der Waals surface area contributed by atoms with Gasteiger partial charge in [-0.1, -0.05) is 6.07 Å². The monoisotopic (exact) mass is 271 g/mol. The molecule has 3 N–H and O–H groups in total. The maximum Gasteiger partial charge on any atom is 0.0721 e. The highest BCUT2D eigenvalue weighted by molar-refractivity contribution is 5.86. The van der Waals surface area contributed by atoms with E-state index in [4.69, 9.17) is 5.73 Å². The van der Waals surface area contributed by atoms with Crippen molar-refractivity contribution in [3.05, 3.63) is 30.1 Å². The molecule has 0 bridgehead atoms. The van der Waals surface area contributed by atoms with Crippen LogP contribution in [0.2, 0.25) is 0 Å². The van der Waals surface area contributed by atoms with Crippen molar-refractivity contribution in [2.24, 2.45) is 5.73 Å². The van der Waals surface area contributed by atoms with E-state index in [1.807, 2.05) is 18.2 Å². The number of hydrogen-bond acceptors (Lipinski definition) is 3. The molecule has 0 aliphatic carbocycles. The van der Waals surface area contributed by atoms with Crippen LogP contribution in [0.5, 0.6) is 0 Å². The van der Waals surface area contributed by atoms with Crippen molar-refractivity contribution in [1.29, 1.82) is 0 Å². The Morgan fingerprint density at radius 2 is 2.00 bits per heavy atom. The van der Waals surface area contributed by atoms with Crippen LogP contribution in [0, 0.1) is 0 Å². The highest BCUT2D eigenvalue weighted by atomic mass is 35.5. The topological polar surface area (TPSA) is 50.9 Å². The first kappa shape index (κ1) is 17.3. The molecule has 0 saturated carbocycles. The molecule has 0 radical (unpaired) electrons. The maximum atomic E-state index is 6.16. The predicted molar refractivity (Wildman–Crippen MR) is 69.3 cm³/mol. The van der Waals surface area contributed by atoms with Crippen LogP contribution in [-0.4, -0.2) is 18.1 Å². The molecule has 88 valence electrons. The first-order valence-corrected chi connectivity index (χ1v) is 4.22. The highest BCUT2D eigenvalue weighted by Gasteiger charge is 2.31. The van der Waals surface area contributed by atoms with E-state index in [9.17, 15) is 0 Å². The number of aromatic nitrogens is 1. The summed E-state index contributed by atoms with van der Waals surface area (Å²) in [6.45, 7) is 1.83. The Balaban J connectivity index is 0. The third kappa shape index (κ3) is 3.78. The summed E-state index contributed by atoms with van der Waals surface area (Å²) in [4.78, 5) is 4.27. The average molecular weight is 273 g/mol. The van der Waals surface area contributed by atoms with Crippen molar-refractivity contribution < 1.29 is 0 Å². The lowest BCUT2D eigenvalue weighted by Crippen LogP contribution is -2.39. The van der Waals surface area contributed by atoms with Gasteiger partial charge < -0.3 is 11.1 Å². The van der Waals surface area contributed by atoms with Gasteiger partial charge in [0, 0.05) is 12.7 Å². The van der Waals surface area contributed by atoms with Crippen LogP contribution < -0.4 is 11.1 Å². The summed E-state index contributed by atoms with van der Waals surface area (Å²) in [5, 5.41) is 3.25. The molecule has 0 spiro atoms. The maximum absolute atomic E-state index is 6.16. The quantitative estimate of drug-likeness (QED) is 0.814. The molecule has 1 aromatic rings. The Hall–Kier alpha value is -0.0600. The van der Waals surface area contributed by atoms with Crippen molar-refractivity contribution >= 4 is 37.2 Å². The van der Waals surface area contributed by atoms with Gasteiger partial charge in [0.2, 0.25) is 0 Å². The Kier molecular flexibility index (Phi) is 8.38. The fourth-order valence-electron chi connectivity index (χ4n) is 1.59. The second-order valence-electron chi connectivity index (χ2n) is 3.30. The summed E-state index contributed by atoms with van der Waals surface area (Å²) in [7, 11) is 0. The Morgan fingerprint density at radius 3 is 2.47 bits per heavy atom. The van der Waals surface area contributed by atoms with Gasteiger partial charge in [0.05, 0.1) is 11.2 Å². The van der Waals surface area contributed by atoms with Crippen LogP contribution in [0.3, 0.4) is 0 Å². The second-order valence-corrected chi connectivity index (χ2v) is 3.30. The summed E-state index contributed by atoms with van der Waals surface area (Å²) in [5.41, 5.74) is 6.92. The Labute approximate surface area is 108 Å². The number of nitrogens with two attached hydrogens (primary N) is 1. The molecule has 1 saturated heterocycles. The van der Waals surface area contributed by atoms with Gasteiger partial charge in [-0.25, -0.2) is 0 Å². The summed E-state index contributed by atoms with van der Waals surface area (Å²) in [6, 6.07) is 5.89. The fourth-order valence-corrected chi connectivity index (χ4v) is 1.59. The molecule has 15 heavy (non-hydrogen) atoms. The molecule has 1 fully saturated rings. The molecule has 0 aromatic carbocycles. The summed E-state index contributed by atoms with van der Waals surface area (Å²) in [6.07, 6.45) is 2.77. The van der Waals surface area contributed by atoms with Crippen LogP contribution in [0.4, 0.5) is 0 Å². The van der Waals surface area contributed by atoms with Crippen molar-refractivity contribution in [2.45, 2.75) is 12.0 Å². The number of nitrogens with one attached hydrogen (secondary N) is 1. The van der Waals surface area contributed by atoms with Crippen LogP contribution >= 0.6 is 37.2 Å². The van der Waals surface area contributed by atoms with E-state index in [1.54, 1.807) is 6.20 Å². The molecule has 2 heterocycles. The van der Waals surface area contributed by atoms with Gasteiger partial charge >= 0.3 is 0 Å². The lowest BCUT2D eigenvalue weighted by Gasteiger charge is -2.21. The average Bonchev–Trinajstić information content (AvgIpc) is 2.55. The van der Waals surface area contributed by atoms with Gasteiger partial charge in [0.25, 0.3) is 0 Å². The van der Waals surface area contributed by atoms with Gasteiger partial charge in [-0.2, -0.15) is 0 Å². The standard InChI is InChI=1S/C9H13N3.3ClH/c10-9(4-6-11-7-9)8-3-1-2-5-12-8;;;/h1-3,5,11H,4,6-7,10H2;3*1H. The van der Waals surface area contributed by atoms with Gasteiger partial charge in [-0.05, 0) is 25.1 Å². The van der Waals surface area contributed by atoms with Crippen LogP contribution in [0.25, 0.3) is 0 Å². The summed E-state index contributed by atoms with van der Waals surface area (Å²) in [5.74, 6) is 0. The minimum absolute atomic E-state index is 0. The molecule has 0 amide bonds. The molecule has 2 rings (SSSR count). The molecule has 1 unspecified atom stereocenters. The van der Waals surface area contributed by atoms with E-state index < -0.39 is 0 Å². The third-order valence-electron chi connectivity index (χ3n) is 2.36. The lowest BCUT2D eigenvalue weighted by molar-refractivity contribution is 0.478. The minimum atomic E-state index is -0.235. The molecule has 1 aliphatic heterocycles. The molecular formula is C9H16Cl3N3. The van der Waals surface area contributed by atoms with Gasteiger partial charge in [-0.3, -0.25) is 4.98 Å². The van der Waals surface area contributed by atoms with Crippen molar-refractivity contribution in [2.75, 3.05) is 13.1 Å². The second kappa shape index (κ2) is 7.25. The first-order valence-electron chi connectivity index (χ1n) is 4.22. The van der Waals surface area contributed by atoms with Gasteiger partial charge in [0.15, 0.2) is 0 Å². The zero-order chi connectivity index (χ0) is 8.44. The molecule has 1 aromatic heterocycles. The SMILES string of the molecule is Cl.Cl.Cl.NC1(c2ccccn2)CCNC1. The molecular weight excluding hydrogens is 256 g/mol. The number of rotatable bonds is 1. The smallest absolute Gasteiger partial charge is 0.0721 e. The third-order valence-corrected chi connectivity index (χ3v) is 2.36. The minimum Gasteiger partial charge on any atom is -0.319 e. The number of halogens is 3. The Morgan fingerprint density at radius 1 is 1.27 bits per heavy atom. The van der Waals surface area contributed by atoms with E-state index in [0.29, 0.717) is 0 Å². The van der Waals surface area contributed by atoms with E-state index >= 15 is 0 Å². The highest BCUT2D eigenvalue weighted by Crippen LogP contribution is 2.22. The zero-order valence-electron chi connectivity index (χ0n) is 8.18.